The minimum Gasteiger partial charge on any atom is -0.235 e. The fourth-order valence-corrected chi connectivity index (χ4v) is 3.79. The maximum atomic E-state index is 12.3. The molecule has 1 aromatic heterocycles. The number of benzene rings is 1. The molecule has 0 bridgehead atoms. The summed E-state index contributed by atoms with van der Waals surface area (Å²) in [6.07, 6.45) is 0. The number of hydrogen-bond acceptors (Lipinski definition) is 3. The van der Waals surface area contributed by atoms with Crippen molar-refractivity contribution >= 4 is 32.5 Å². The first-order chi connectivity index (χ1) is 7.89. The fourth-order valence-electron chi connectivity index (χ4n) is 1.29. The zero-order valence-electron chi connectivity index (χ0n) is 10.4. The number of thiazole rings is 1. The van der Waals surface area contributed by atoms with Crippen LogP contribution in [0, 0.1) is 0 Å². The first-order valence-electron chi connectivity index (χ1n) is 5.41. The molecule has 17 heavy (non-hydrogen) atoms. The van der Waals surface area contributed by atoms with Gasteiger partial charge in [-0.1, -0.05) is 12.1 Å². The highest BCUT2D eigenvalue weighted by Gasteiger charge is 2.25. The van der Waals surface area contributed by atoms with Gasteiger partial charge in [-0.05, 0) is 32.9 Å². The molecule has 0 amide bonds. The standard InChI is InChI=1S/C12H16N2OS2/c1-12(2,3)14(4)17(15)11-13-9-7-5-6-8-10(9)16-11/h5-8H,1-4H3. The van der Waals surface area contributed by atoms with E-state index < -0.39 is 11.0 Å². The van der Waals surface area contributed by atoms with Crippen LogP contribution in [0.25, 0.3) is 10.2 Å². The number of para-hydroxylation sites is 1. The Balaban J connectivity index is 2.37. The molecule has 92 valence electrons. The number of hydrogen-bond donors (Lipinski definition) is 0. The van der Waals surface area contributed by atoms with Crippen molar-refractivity contribution in [1.82, 2.24) is 9.29 Å². The molecule has 1 aromatic carbocycles. The molecule has 1 unspecified atom stereocenters. The van der Waals surface area contributed by atoms with Gasteiger partial charge in [-0.15, -0.1) is 11.3 Å². The molecule has 0 aliphatic carbocycles. The van der Waals surface area contributed by atoms with E-state index in [9.17, 15) is 4.21 Å². The third-order valence-electron chi connectivity index (χ3n) is 2.62. The van der Waals surface area contributed by atoms with Crippen molar-refractivity contribution in [2.75, 3.05) is 7.05 Å². The van der Waals surface area contributed by atoms with Gasteiger partial charge < -0.3 is 0 Å². The minimum absolute atomic E-state index is 0.136. The molecular weight excluding hydrogens is 252 g/mol. The number of nitrogens with zero attached hydrogens (tertiary/aromatic N) is 2. The summed E-state index contributed by atoms with van der Waals surface area (Å²) in [6.45, 7) is 6.12. The first-order valence-corrected chi connectivity index (χ1v) is 7.33. The minimum atomic E-state index is -1.19. The molecule has 2 rings (SSSR count). The van der Waals surface area contributed by atoms with Crippen molar-refractivity contribution in [3.05, 3.63) is 24.3 Å². The molecule has 0 saturated heterocycles. The van der Waals surface area contributed by atoms with Gasteiger partial charge in [-0.25, -0.2) is 13.5 Å². The van der Waals surface area contributed by atoms with Crippen LogP contribution in [0.4, 0.5) is 0 Å². The van der Waals surface area contributed by atoms with Gasteiger partial charge in [0.25, 0.3) is 0 Å². The summed E-state index contributed by atoms with van der Waals surface area (Å²) in [6, 6.07) is 7.87. The van der Waals surface area contributed by atoms with Crippen LogP contribution in [0.5, 0.6) is 0 Å². The van der Waals surface area contributed by atoms with E-state index in [-0.39, 0.29) is 5.54 Å². The summed E-state index contributed by atoms with van der Waals surface area (Å²) in [5, 5.41) is 0. The second-order valence-electron chi connectivity index (χ2n) is 4.86. The van der Waals surface area contributed by atoms with Crippen LogP contribution in [0.15, 0.2) is 28.6 Å². The van der Waals surface area contributed by atoms with Gasteiger partial charge in [0, 0.05) is 12.6 Å². The SMILES string of the molecule is CN(S(=O)c1nc2ccccc2s1)C(C)(C)C. The zero-order valence-corrected chi connectivity index (χ0v) is 12.1. The third kappa shape index (κ3) is 2.56. The lowest BCUT2D eigenvalue weighted by atomic mass is 10.1. The van der Waals surface area contributed by atoms with E-state index in [0.29, 0.717) is 4.34 Å². The average Bonchev–Trinajstić information content (AvgIpc) is 2.69. The maximum absolute atomic E-state index is 12.3. The first kappa shape index (κ1) is 12.7. The molecule has 0 saturated carbocycles. The summed E-state index contributed by atoms with van der Waals surface area (Å²) >= 11 is 1.50. The maximum Gasteiger partial charge on any atom is 0.197 e. The van der Waals surface area contributed by atoms with Crippen LogP contribution in [0.3, 0.4) is 0 Å². The van der Waals surface area contributed by atoms with Gasteiger partial charge in [-0.2, -0.15) is 0 Å². The van der Waals surface area contributed by atoms with Crippen LogP contribution in [0.1, 0.15) is 20.8 Å². The van der Waals surface area contributed by atoms with Crippen LogP contribution >= 0.6 is 11.3 Å². The predicted octanol–water partition coefficient (Wildman–Crippen LogP) is 3.05. The molecule has 3 nitrogen and oxygen atoms in total. The van der Waals surface area contributed by atoms with Crippen LogP contribution in [0.2, 0.25) is 0 Å². The lowest BCUT2D eigenvalue weighted by Gasteiger charge is -2.29. The smallest absolute Gasteiger partial charge is 0.197 e. The molecule has 1 heterocycles. The van der Waals surface area contributed by atoms with Crippen molar-refractivity contribution in [1.29, 1.82) is 0 Å². The highest BCUT2D eigenvalue weighted by Crippen LogP contribution is 2.27. The molecule has 0 aliphatic heterocycles. The molecule has 2 aromatic rings. The molecule has 0 radical (unpaired) electrons. The van der Waals surface area contributed by atoms with Crippen molar-refractivity contribution < 1.29 is 4.21 Å². The molecule has 5 heteroatoms. The molecule has 0 aliphatic rings. The summed E-state index contributed by atoms with van der Waals surface area (Å²) in [4.78, 5) is 4.42. The van der Waals surface area contributed by atoms with Crippen molar-refractivity contribution in [2.24, 2.45) is 0 Å². The van der Waals surface area contributed by atoms with E-state index >= 15 is 0 Å². The Morgan fingerprint density at radius 2 is 1.94 bits per heavy atom. The van der Waals surface area contributed by atoms with Crippen molar-refractivity contribution in [2.45, 2.75) is 30.6 Å². The predicted molar refractivity (Wildman–Crippen MR) is 73.5 cm³/mol. The van der Waals surface area contributed by atoms with Crippen LogP contribution in [-0.2, 0) is 11.0 Å². The van der Waals surface area contributed by atoms with Crippen molar-refractivity contribution in [3.63, 3.8) is 0 Å². The lowest BCUT2D eigenvalue weighted by molar-refractivity contribution is 0.307. The van der Waals surface area contributed by atoms with Gasteiger partial charge in [0.15, 0.2) is 15.3 Å². The Kier molecular flexibility index (Phi) is 3.34. The normalized spacial score (nSPS) is 14.4. The van der Waals surface area contributed by atoms with Gasteiger partial charge >= 0.3 is 0 Å². The molecule has 0 fully saturated rings. The van der Waals surface area contributed by atoms with Gasteiger partial charge in [0.05, 0.1) is 10.2 Å². The Bertz CT molecular complexity index is 524. The summed E-state index contributed by atoms with van der Waals surface area (Å²) in [5.74, 6) is 0. The lowest BCUT2D eigenvalue weighted by Crippen LogP contribution is -2.39. The second-order valence-corrected chi connectivity index (χ2v) is 7.59. The van der Waals surface area contributed by atoms with E-state index in [2.05, 4.69) is 4.98 Å². The average molecular weight is 268 g/mol. The molecular formula is C12H16N2OS2. The Labute approximate surface area is 108 Å². The third-order valence-corrected chi connectivity index (χ3v) is 5.56. The molecule has 0 N–H and O–H groups in total. The highest BCUT2D eigenvalue weighted by molar-refractivity contribution is 7.85. The number of aromatic nitrogens is 1. The summed E-state index contributed by atoms with van der Waals surface area (Å²) < 4.78 is 15.9. The van der Waals surface area contributed by atoms with E-state index in [1.165, 1.54) is 11.3 Å². The Hall–Kier alpha value is -0.780. The van der Waals surface area contributed by atoms with E-state index in [1.54, 1.807) is 0 Å². The van der Waals surface area contributed by atoms with Crippen LogP contribution in [-0.4, -0.2) is 26.1 Å². The Morgan fingerprint density at radius 1 is 1.29 bits per heavy atom. The molecule has 1 atom stereocenters. The monoisotopic (exact) mass is 268 g/mol. The highest BCUT2D eigenvalue weighted by atomic mass is 32.2. The van der Waals surface area contributed by atoms with E-state index in [0.717, 1.165) is 10.2 Å². The van der Waals surface area contributed by atoms with Crippen molar-refractivity contribution in [3.8, 4) is 0 Å². The zero-order chi connectivity index (χ0) is 12.6. The Morgan fingerprint density at radius 3 is 2.53 bits per heavy atom. The quantitative estimate of drug-likeness (QED) is 0.838. The summed E-state index contributed by atoms with van der Waals surface area (Å²) in [7, 11) is 0.674. The second kappa shape index (κ2) is 4.48. The largest absolute Gasteiger partial charge is 0.235 e. The topological polar surface area (TPSA) is 33.2 Å². The van der Waals surface area contributed by atoms with Gasteiger partial charge in [-0.3, -0.25) is 0 Å². The van der Waals surface area contributed by atoms with Gasteiger partial charge in [0.1, 0.15) is 0 Å². The fraction of sp³-hybridized carbons (Fsp3) is 0.417. The van der Waals surface area contributed by atoms with Crippen LogP contribution < -0.4 is 0 Å². The number of fused-ring (bicyclic) bond motifs is 1. The number of rotatable bonds is 2. The summed E-state index contributed by atoms with van der Waals surface area (Å²) in [5.41, 5.74) is 0.783. The van der Waals surface area contributed by atoms with E-state index in [4.69, 9.17) is 0 Å². The molecule has 0 spiro atoms. The van der Waals surface area contributed by atoms with Gasteiger partial charge in [0.2, 0.25) is 0 Å². The van der Waals surface area contributed by atoms with E-state index in [1.807, 2.05) is 56.4 Å².